The first-order valence-electron chi connectivity index (χ1n) is 5.14. The number of hydrogen-bond acceptors (Lipinski definition) is 2. The van der Waals surface area contributed by atoms with E-state index >= 15 is 0 Å². The number of methoxy groups -OCH3 is 1. The minimum Gasteiger partial charge on any atom is -0.469 e. The number of carbonyl (C=O) groups is 1. The molecule has 0 aliphatic carbocycles. The molecule has 0 fully saturated rings. The molecule has 0 aromatic heterocycles. The number of carbonyl (C=O) groups excluding carboxylic acids is 1. The third-order valence-electron chi connectivity index (χ3n) is 2.50. The Hall–Kier alpha value is -0.466. The van der Waals surface area contributed by atoms with Crippen molar-refractivity contribution in [3.8, 4) is 0 Å². The van der Waals surface area contributed by atoms with Crippen molar-refractivity contribution in [2.24, 2.45) is 5.92 Å². The quantitative estimate of drug-likeness (QED) is 0.631. The number of benzene rings is 1. The Labute approximate surface area is 128 Å². The van der Waals surface area contributed by atoms with Gasteiger partial charge in [-0.1, -0.05) is 6.92 Å². The molecule has 1 unspecified atom stereocenters. The van der Waals surface area contributed by atoms with Crippen LogP contribution in [-0.4, -0.2) is 13.1 Å². The fourth-order valence-corrected chi connectivity index (χ4v) is 1.53. The molecule has 0 aliphatic heterocycles. The summed E-state index contributed by atoms with van der Waals surface area (Å²) in [4.78, 5) is 11.5. The number of esters is 1. The van der Waals surface area contributed by atoms with Crippen molar-refractivity contribution in [1.82, 2.24) is 0 Å². The van der Waals surface area contributed by atoms with Gasteiger partial charge in [-0.15, -0.1) is 47.5 Å². The normalized spacial score (nSPS) is 11.2. The fourth-order valence-electron chi connectivity index (χ4n) is 1.53. The van der Waals surface area contributed by atoms with Crippen molar-refractivity contribution >= 4 is 11.5 Å². The van der Waals surface area contributed by atoms with E-state index in [1.165, 1.54) is 7.11 Å². The molecule has 0 spiro atoms. The molecule has 2 nitrogen and oxygen atoms in total. The van der Waals surface area contributed by atoms with Crippen molar-refractivity contribution in [3.63, 3.8) is 0 Å². The van der Waals surface area contributed by atoms with Gasteiger partial charge in [0.15, 0.2) is 0 Å². The van der Waals surface area contributed by atoms with Crippen LogP contribution < -0.4 is 0 Å². The van der Waals surface area contributed by atoms with E-state index in [2.05, 4.69) is 19.6 Å². The largest absolute Gasteiger partial charge is 0.469 e. The summed E-state index contributed by atoms with van der Waals surface area (Å²) >= 11 is 0. The van der Waals surface area contributed by atoms with Crippen molar-refractivity contribution in [1.29, 1.82) is 0 Å². The molecule has 0 N–H and O–H groups in total. The molecule has 1 atom stereocenters. The Bertz CT molecular complexity index is 399. The minimum absolute atomic E-state index is 0. The smallest absolute Gasteiger partial charge is 0.301 e. The second kappa shape index (κ2) is 7.78. The SMILES string of the molecule is C=C(c1[c-]ccc(C)c1)C(C[CH2-])C(=O)OC.[Y]. The Morgan fingerprint density at radius 1 is 1.65 bits per heavy atom. The summed E-state index contributed by atoms with van der Waals surface area (Å²) < 4.78 is 4.72. The summed E-state index contributed by atoms with van der Waals surface area (Å²) in [6, 6.07) is 8.80. The van der Waals surface area contributed by atoms with E-state index in [1.807, 2.05) is 25.1 Å². The molecule has 0 heterocycles. The van der Waals surface area contributed by atoms with Gasteiger partial charge in [-0.3, -0.25) is 4.79 Å². The maximum atomic E-state index is 11.5. The number of ether oxygens (including phenoxy) is 1. The van der Waals surface area contributed by atoms with Gasteiger partial charge in [0, 0.05) is 38.6 Å². The van der Waals surface area contributed by atoms with Gasteiger partial charge in [0.05, 0.1) is 7.11 Å². The van der Waals surface area contributed by atoms with Crippen LogP contribution in [0.3, 0.4) is 0 Å². The molecule has 0 saturated carbocycles. The third-order valence-corrected chi connectivity index (χ3v) is 2.50. The van der Waals surface area contributed by atoms with Crippen LogP contribution in [0.15, 0.2) is 24.8 Å². The van der Waals surface area contributed by atoms with E-state index in [1.54, 1.807) is 0 Å². The Balaban J connectivity index is 0.00000256. The molecule has 0 aliphatic rings. The van der Waals surface area contributed by atoms with Crippen LogP contribution >= 0.6 is 0 Å². The van der Waals surface area contributed by atoms with Crippen molar-refractivity contribution < 1.29 is 42.2 Å². The number of aryl methyl sites for hydroxylation is 1. The van der Waals surface area contributed by atoms with E-state index < -0.39 is 0 Å². The van der Waals surface area contributed by atoms with E-state index in [0.29, 0.717) is 12.0 Å². The van der Waals surface area contributed by atoms with Crippen LogP contribution in [0.5, 0.6) is 0 Å². The monoisotopic (exact) mass is 305 g/mol. The molecule has 89 valence electrons. The zero-order valence-corrected chi connectivity index (χ0v) is 13.2. The molecular weight excluding hydrogens is 289 g/mol. The predicted octanol–water partition coefficient (Wildman–Crippen LogP) is 2.82. The van der Waals surface area contributed by atoms with Gasteiger partial charge >= 0.3 is 5.97 Å². The molecule has 1 aromatic carbocycles. The van der Waals surface area contributed by atoms with Crippen molar-refractivity contribution in [2.45, 2.75) is 13.3 Å². The third kappa shape index (κ3) is 4.36. The first-order valence-corrected chi connectivity index (χ1v) is 5.14. The fraction of sp³-hybridized carbons (Fsp3) is 0.286. The Kier molecular flexibility index (Phi) is 7.57. The van der Waals surface area contributed by atoms with Gasteiger partial charge in [0.25, 0.3) is 0 Å². The van der Waals surface area contributed by atoms with Gasteiger partial charge < -0.3 is 11.7 Å². The van der Waals surface area contributed by atoms with Gasteiger partial charge in [0.2, 0.25) is 0 Å². The molecule has 1 aromatic rings. The molecule has 0 saturated heterocycles. The van der Waals surface area contributed by atoms with Crippen LogP contribution in [0.25, 0.3) is 5.57 Å². The van der Waals surface area contributed by atoms with Gasteiger partial charge in [-0.25, -0.2) is 0 Å². The number of rotatable bonds is 4. The number of hydrogen-bond donors (Lipinski definition) is 0. The van der Waals surface area contributed by atoms with Gasteiger partial charge in [-0.2, -0.15) is 6.42 Å². The summed E-state index contributed by atoms with van der Waals surface area (Å²) in [5.41, 5.74) is 2.67. The molecule has 1 rings (SSSR count). The molecule has 1 radical (unpaired) electrons. The summed E-state index contributed by atoms with van der Waals surface area (Å²) in [5, 5.41) is 0. The second-order valence-electron chi connectivity index (χ2n) is 3.67. The van der Waals surface area contributed by atoms with E-state index in [4.69, 9.17) is 4.74 Å². The molecule has 17 heavy (non-hydrogen) atoms. The minimum atomic E-state index is -0.386. The summed E-state index contributed by atoms with van der Waals surface area (Å²) in [5.74, 6) is -0.682. The first kappa shape index (κ1) is 16.5. The van der Waals surface area contributed by atoms with Crippen LogP contribution in [0.1, 0.15) is 17.5 Å². The summed E-state index contributed by atoms with van der Waals surface area (Å²) in [6.45, 7) is 9.67. The zero-order valence-electron chi connectivity index (χ0n) is 10.3. The predicted molar refractivity (Wildman–Crippen MR) is 64.5 cm³/mol. The van der Waals surface area contributed by atoms with Crippen LogP contribution in [0.2, 0.25) is 0 Å². The maximum absolute atomic E-state index is 11.5. The summed E-state index contributed by atoms with van der Waals surface area (Å²) in [7, 11) is 1.37. The molecule has 0 bridgehead atoms. The van der Waals surface area contributed by atoms with Gasteiger partial charge in [-0.05, 0) is 0 Å². The van der Waals surface area contributed by atoms with Crippen LogP contribution in [-0.2, 0) is 42.2 Å². The second-order valence-corrected chi connectivity index (χ2v) is 3.67. The standard InChI is InChI=1S/C14H16O2.Y/c1-5-13(14(15)16-4)11(3)12-8-6-7-10(2)9-12;/h6-7,9,13H,1,3,5H2,2,4H3;/q-2;. The zero-order chi connectivity index (χ0) is 12.1. The van der Waals surface area contributed by atoms with Gasteiger partial charge in [0.1, 0.15) is 0 Å². The van der Waals surface area contributed by atoms with E-state index in [-0.39, 0.29) is 44.6 Å². The Morgan fingerprint density at radius 3 is 2.76 bits per heavy atom. The average molecular weight is 305 g/mol. The summed E-state index contributed by atoms with van der Waals surface area (Å²) in [6.07, 6.45) is 0.438. The van der Waals surface area contributed by atoms with Crippen molar-refractivity contribution in [3.05, 3.63) is 48.9 Å². The van der Waals surface area contributed by atoms with Crippen LogP contribution in [0, 0.1) is 25.8 Å². The van der Waals surface area contributed by atoms with E-state index in [9.17, 15) is 4.79 Å². The topological polar surface area (TPSA) is 26.3 Å². The van der Waals surface area contributed by atoms with Crippen molar-refractivity contribution in [2.75, 3.05) is 7.11 Å². The first-order chi connectivity index (χ1) is 7.60. The molecule has 0 amide bonds. The molecule has 3 heteroatoms. The maximum Gasteiger partial charge on any atom is 0.301 e. The average Bonchev–Trinajstić information content (AvgIpc) is 2.29. The van der Waals surface area contributed by atoms with Crippen LogP contribution in [0.4, 0.5) is 0 Å². The Morgan fingerprint density at radius 2 is 2.29 bits per heavy atom. The molecular formula is C14H16O2Y-2. The van der Waals surface area contributed by atoms with E-state index in [0.717, 1.165) is 11.1 Å².